The van der Waals surface area contributed by atoms with Crippen LogP contribution in [0.4, 0.5) is 0 Å². The molecule has 0 aromatic heterocycles. The third-order valence-corrected chi connectivity index (χ3v) is 5.48. The van der Waals surface area contributed by atoms with Gasteiger partial charge in [-0.3, -0.25) is 0 Å². The van der Waals surface area contributed by atoms with Crippen molar-refractivity contribution in [3.05, 3.63) is 0 Å². The van der Waals surface area contributed by atoms with Gasteiger partial charge in [-0.05, 0) is 43.4 Å². The molecule has 3 saturated carbocycles. The number of rotatable bonds is 4. The molecular formula is C15H25NO. The van der Waals surface area contributed by atoms with Crippen molar-refractivity contribution in [2.75, 3.05) is 7.11 Å². The predicted molar refractivity (Wildman–Crippen MR) is 68.4 cm³/mol. The van der Waals surface area contributed by atoms with Crippen LogP contribution in [0.25, 0.3) is 0 Å². The van der Waals surface area contributed by atoms with E-state index in [2.05, 4.69) is 19.9 Å². The van der Waals surface area contributed by atoms with Crippen LogP contribution in [0.2, 0.25) is 0 Å². The second-order valence-corrected chi connectivity index (χ2v) is 6.26. The number of nitriles is 1. The molecule has 0 aromatic carbocycles. The number of hydrogen-bond donors (Lipinski definition) is 0. The van der Waals surface area contributed by atoms with Crippen molar-refractivity contribution < 1.29 is 4.74 Å². The Morgan fingerprint density at radius 1 is 1.35 bits per heavy atom. The van der Waals surface area contributed by atoms with Crippen LogP contribution in [0.5, 0.6) is 0 Å². The third-order valence-electron chi connectivity index (χ3n) is 5.48. The summed E-state index contributed by atoms with van der Waals surface area (Å²) >= 11 is 0. The summed E-state index contributed by atoms with van der Waals surface area (Å²) in [7, 11) is 1.83. The fourth-order valence-electron chi connectivity index (χ4n) is 4.34. The van der Waals surface area contributed by atoms with Crippen molar-refractivity contribution in [1.29, 1.82) is 5.26 Å². The number of unbranched alkanes of at least 4 members (excludes halogenated alkanes) is 1. The molecule has 3 aliphatic carbocycles. The summed E-state index contributed by atoms with van der Waals surface area (Å²) in [6.07, 6.45) is 8.49. The van der Waals surface area contributed by atoms with E-state index in [1.807, 2.05) is 7.11 Å². The molecule has 2 heteroatoms. The van der Waals surface area contributed by atoms with E-state index >= 15 is 0 Å². The van der Waals surface area contributed by atoms with E-state index in [1.54, 1.807) is 0 Å². The van der Waals surface area contributed by atoms with Crippen molar-refractivity contribution in [2.45, 2.75) is 64.9 Å². The number of fused-ring (bicyclic) bond motifs is 3. The van der Waals surface area contributed by atoms with E-state index in [9.17, 15) is 5.26 Å². The summed E-state index contributed by atoms with van der Waals surface area (Å²) < 4.78 is 5.77. The molecule has 17 heavy (non-hydrogen) atoms. The number of nitrogens with zero attached hydrogens (tertiary/aromatic N) is 1. The van der Waals surface area contributed by atoms with Gasteiger partial charge in [0, 0.05) is 7.11 Å². The smallest absolute Gasteiger partial charge is 0.0690 e. The van der Waals surface area contributed by atoms with Crippen LogP contribution in [0.1, 0.15) is 58.8 Å². The molecule has 0 spiro atoms. The molecule has 2 bridgehead atoms. The van der Waals surface area contributed by atoms with Gasteiger partial charge in [-0.15, -0.1) is 0 Å². The Hall–Kier alpha value is -0.550. The summed E-state index contributed by atoms with van der Waals surface area (Å²) in [6.45, 7) is 4.60. The van der Waals surface area contributed by atoms with Gasteiger partial charge < -0.3 is 4.74 Å². The van der Waals surface area contributed by atoms with Crippen molar-refractivity contribution in [3.8, 4) is 6.07 Å². The summed E-state index contributed by atoms with van der Waals surface area (Å²) in [6, 6.07) is 2.59. The van der Waals surface area contributed by atoms with Gasteiger partial charge in [-0.25, -0.2) is 0 Å². The Balaban J connectivity index is 2.23. The molecule has 3 fully saturated rings. The van der Waals surface area contributed by atoms with Gasteiger partial charge in [-0.2, -0.15) is 5.26 Å². The van der Waals surface area contributed by atoms with Crippen LogP contribution in [-0.2, 0) is 4.74 Å². The topological polar surface area (TPSA) is 33.0 Å². The van der Waals surface area contributed by atoms with Crippen LogP contribution < -0.4 is 0 Å². The van der Waals surface area contributed by atoms with Crippen molar-refractivity contribution in [2.24, 2.45) is 16.7 Å². The van der Waals surface area contributed by atoms with Crippen molar-refractivity contribution >= 4 is 0 Å². The zero-order valence-corrected chi connectivity index (χ0v) is 11.5. The molecule has 96 valence electrons. The van der Waals surface area contributed by atoms with Crippen LogP contribution in [0.3, 0.4) is 0 Å². The Kier molecular flexibility index (Phi) is 3.50. The van der Waals surface area contributed by atoms with E-state index in [1.165, 1.54) is 25.7 Å². The molecule has 0 radical (unpaired) electrons. The monoisotopic (exact) mass is 235 g/mol. The second kappa shape index (κ2) is 4.61. The highest BCUT2D eigenvalue weighted by Crippen LogP contribution is 2.62. The molecule has 3 aliphatic rings. The maximum atomic E-state index is 9.45. The van der Waals surface area contributed by atoms with Gasteiger partial charge in [0.2, 0.25) is 0 Å². The molecule has 0 aliphatic heterocycles. The quantitative estimate of drug-likeness (QED) is 0.740. The van der Waals surface area contributed by atoms with Gasteiger partial charge in [0.05, 0.1) is 17.6 Å². The lowest BCUT2D eigenvalue weighted by Crippen LogP contribution is -2.55. The molecule has 0 heterocycles. The Morgan fingerprint density at radius 2 is 2.12 bits per heavy atom. The van der Waals surface area contributed by atoms with E-state index in [-0.39, 0.29) is 5.41 Å². The minimum atomic E-state index is -0.0753. The van der Waals surface area contributed by atoms with E-state index in [4.69, 9.17) is 4.74 Å². The standard InChI is InChI=1S/C15H25NO/c1-4-5-6-15-8-7-14(11-16,9-12(15)2)10-13(15)17-3/h12-13H,4-10H2,1-3H3. The van der Waals surface area contributed by atoms with Gasteiger partial charge in [-0.1, -0.05) is 26.7 Å². The highest BCUT2D eigenvalue weighted by atomic mass is 16.5. The number of hydrogen-bond acceptors (Lipinski definition) is 2. The van der Waals surface area contributed by atoms with Crippen LogP contribution in [-0.4, -0.2) is 13.2 Å². The fourth-order valence-corrected chi connectivity index (χ4v) is 4.34. The van der Waals surface area contributed by atoms with Crippen LogP contribution >= 0.6 is 0 Å². The molecule has 0 N–H and O–H groups in total. The van der Waals surface area contributed by atoms with Crippen LogP contribution in [0.15, 0.2) is 0 Å². The normalized spacial score (nSPS) is 44.6. The zero-order chi connectivity index (χ0) is 12.5. The van der Waals surface area contributed by atoms with Crippen molar-refractivity contribution in [3.63, 3.8) is 0 Å². The van der Waals surface area contributed by atoms with Gasteiger partial charge in [0.25, 0.3) is 0 Å². The van der Waals surface area contributed by atoms with E-state index < -0.39 is 0 Å². The predicted octanol–water partition coefficient (Wildman–Crippen LogP) is 3.91. The number of methoxy groups -OCH3 is 1. The summed E-state index contributed by atoms with van der Waals surface area (Å²) in [5.41, 5.74) is 0.289. The lowest BCUT2D eigenvalue weighted by molar-refractivity contribution is -0.152. The van der Waals surface area contributed by atoms with Crippen LogP contribution in [0, 0.1) is 28.1 Å². The van der Waals surface area contributed by atoms with Gasteiger partial charge >= 0.3 is 0 Å². The molecule has 4 atom stereocenters. The Labute approximate surface area is 105 Å². The first-order chi connectivity index (χ1) is 8.12. The molecule has 3 rings (SSSR count). The van der Waals surface area contributed by atoms with E-state index in [0.717, 1.165) is 19.3 Å². The third kappa shape index (κ3) is 1.89. The lowest BCUT2D eigenvalue weighted by atomic mass is 9.47. The average Bonchev–Trinajstić information content (AvgIpc) is 2.37. The zero-order valence-electron chi connectivity index (χ0n) is 11.5. The molecular weight excluding hydrogens is 210 g/mol. The van der Waals surface area contributed by atoms with Gasteiger partial charge in [0.15, 0.2) is 0 Å². The average molecular weight is 235 g/mol. The molecule has 2 nitrogen and oxygen atoms in total. The minimum absolute atomic E-state index is 0.0753. The molecule has 0 amide bonds. The maximum Gasteiger partial charge on any atom is 0.0690 e. The Bertz CT molecular complexity index is 321. The maximum absolute atomic E-state index is 9.45. The Morgan fingerprint density at radius 3 is 2.65 bits per heavy atom. The second-order valence-electron chi connectivity index (χ2n) is 6.26. The van der Waals surface area contributed by atoms with E-state index in [0.29, 0.717) is 17.4 Å². The molecule has 0 saturated heterocycles. The number of ether oxygens (including phenoxy) is 1. The first-order valence-electron chi connectivity index (χ1n) is 7.06. The minimum Gasteiger partial charge on any atom is -0.381 e. The largest absolute Gasteiger partial charge is 0.381 e. The first-order valence-corrected chi connectivity index (χ1v) is 7.06. The SMILES string of the molecule is CCCCC12CCC(C#N)(CC1C)CC2OC. The highest BCUT2D eigenvalue weighted by Gasteiger charge is 2.58. The highest BCUT2D eigenvalue weighted by molar-refractivity contribution is 5.14. The summed E-state index contributed by atoms with van der Waals surface area (Å²) in [5, 5.41) is 9.45. The lowest BCUT2D eigenvalue weighted by Gasteiger charge is -2.58. The van der Waals surface area contributed by atoms with Crippen molar-refractivity contribution in [1.82, 2.24) is 0 Å². The molecule has 4 unspecified atom stereocenters. The first kappa shape index (κ1) is 12.9. The fraction of sp³-hybridized carbons (Fsp3) is 0.933. The molecule has 0 aromatic rings. The van der Waals surface area contributed by atoms with Gasteiger partial charge in [0.1, 0.15) is 0 Å². The summed E-state index contributed by atoms with van der Waals surface area (Å²) in [4.78, 5) is 0. The summed E-state index contributed by atoms with van der Waals surface area (Å²) in [5.74, 6) is 0.640.